The molecule has 0 N–H and O–H groups in total. The second-order valence-corrected chi connectivity index (χ2v) is 4.04. The van der Waals surface area contributed by atoms with Crippen molar-refractivity contribution in [1.29, 1.82) is 0 Å². The average Bonchev–Trinajstić information content (AvgIpc) is 2.22. The first-order valence-corrected chi connectivity index (χ1v) is 6.12. The highest BCUT2D eigenvalue weighted by molar-refractivity contribution is 4.92. The summed E-state index contributed by atoms with van der Waals surface area (Å²) >= 11 is 0. The largest absolute Gasteiger partial charge is 0.0882 e. The van der Waals surface area contributed by atoms with Gasteiger partial charge in [-0.05, 0) is 38.5 Å². The Labute approximate surface area is 89.1 Å². The highest BCUT2D eigenvalue weighted by Gasteiger charge is 1.91. The molecule has 0 spiro atoms. The van der Waals surface area contributed by atoms with Gasteiger partial charge in [-0.2, -0.15) is 0 Å². The summed E-state index contributed by atoms with van der Waals surface area (Å²) in [5.74, 6) is 0. The molecule has 0 amide bonds. The molecule has 1 radical (unpaired) electrons. The van der Waals surface area contributed by atoms with Crippen molar-refractivity contribution in [3.63, 3.8) is 0 Å². The summed E-state index contributed by atoms with van der Waals surface area (Å²) in [6.45, 7) is 0. The Morgan fingerprint density at radius 3 is 1.57 bits per heavy atom. The molecule has 0 heterocycles. The van der Waals surface area contributed by atoms with Crippen LogP contribution in [0.2, 0.25) is 0 Å². The Kier molecular flexibility index (Phi) is 7.47. The van der Waals surface area contributed by atoms with Crippen LogP contribution < -0.4 is 0 Å². The van der Waals surface area contributed by atoms with Crippen LogP contribution in [0.1, 0.15) is 57.8 Å². The number of allylic oxidation sites excluding steroid dienone is 4. The van der Waals surface area contributed by atoms with Crippen molar-refractivity contribution in [1.82, 2.24) is 0 Å². The zero-order valence-electron chi connectivity index (χ0n) is 9.25. The second-order valence-electron chi connectivity index (χ2n) is 4.04. The van der Waals surface area contributed by atoms with Crippen LogP contribution in [0.4, 0.5) is 0 Å². The molecule has 0 fully saturated rings. The van der Waals surface area contributed by atoms with Gasteiger partial charge >= 0.3 is 0 Å². The van der Waals surface area contributed by atoms with E-state index in [1.54, 1.807) is 0 Å². The van der Waals surface area contributed by atoms with Gasteiger partial charge in [0.15, 0.2) is 0 Å². The fraction of sp³-hybridized carbons (Fsp3) is 0.643. The predicted octanol–water partition coefficient (Wildman–Crippen LogP) is 4.83. The van der Waals surface area contributed by atoms with Crippen molar-refractivity contribution >= 4 is 0 Å². The van der Waals surface area contributed by atoms with Gasteiger partial charge in [-0.3, -0.25) is 0 Å². The summed E-state index contributed by atoms with van der Waals surface area (Å²) in [6.07, 6.45) is 23.5. The van der Waals surface area contributed by atoms with Crippen LogP contribution in [0.3, 0.4) is 0 Å². The van der Waals surface area contributed by atoms with E-state index in [4.69, 9.17) is 0 Å². The molecule has 79 valence electrons. The maximum Gasteiger partial charge on any atom is -0.0169 e. The molecule has 14 heavy (non-hydrogen) atoms. The molecule has 1 aliphatic rings. The summed E-state index contributed by atoms with van der Waals surface area (Å²) in [6, 6.07) is 0. The minimum Gasteiger partial charge on any atom is -0.0882 e. The molecule has 0 bridgehead atoms. The minimum atomic E-state index is 1.13. The van der Waals surface area contributed by atoms with E-state index >= 15 is 0 Å². The Morgan fingerprint density at radius 1 is 0.500 bits per heavy atom. The van der Waals surface area contributed by atoms with E-state index in [1.807, 2.05) is 0 Å². The average molecular weight is 191 g/mol. The lowest BCUT2D eigenvalue weighted by atomic mass is 10.1. The topological polar surface area (TPSA) is 0 Å². The standard InChI is InChI=1S/C14H23/c1-2-4-6-8-10-12-14-13-11-9-7-5-3-1/h1-2,5,7,12H,3-4,6,8-11,13-14H2/b2-1-,7-5+. The molecule has 1 aliphatic carbocycles. The van der Waals surface area contributed by atoms with Crippen LogP contribution in [0, 0.1) is 6.42 Å². The van der Waals surface area contributed by atoms with Gasteiger partial charge in [0.05, 0.1) is 0 Å². The van der Waals surface area contributed by atoms with E-state index in [-0.39, 0.29) is 0 Å². The first-order chi connectivity index (χ1) is 7.00. The summed E-state index contributed by atoms with van der Waals surface area (Å²) in [7, 11) is 0. The van der Waals surface area contributed by atoms with Crippen molar-refractivity contribution in [3.05, 3.63) is 30.7 Å². The molecule has 0 unspecified atom stereocenters. The lowest BCUT2D eigenvalue weighted by molar-refractivity contribution is 0.673. The molecule has 0 heteroatoms. The van der Waals surface area contributed by atoms with Crippen molar-refractivity contribution in [2.75, 3.05) is 0 Å². The molecule has 1 rings (SSSR count). The lowest BCUT2D eigenvalue weighted by Gasteiger charge is -2.00. The van der Waals surface area contributed by atoms with Gasteiger partial charge in [-0.1, -0.05) is 50.0 Å². The van der Waals surface area contributed by atoms with Crippen LogP contribution in [-0.4, -0.2) is 0 Å². The van der Waals surface area contributed by atoms with Crippen LogP contribution in [-0.2, 0) is 0 Å². The normalized spacial score (nSPS) is 26.3. The van der Waals surface area contributed by atoms with E-state index in [0.29, 0.717) is 0 Å². The van der Waals surface area contributed by atoms with E-state index in [9.17, 15) is 0 Å². The Hall–Kier alpha value is -0.520. The fourth-order valence-electron chi connectivity index (χ4n) is 1.75. The summed E-state index contributed by atoms with van der Waals surface area (Å²) in [4.78, 5) is 0. The van der Waals surface area contributed by atoms with Gasteiger partial charge in [0.2, 0.25) is 0 Å². The third kappa shape index (κ3) is 6.94. The van der Waals surface area contributed by atoms with Gasteiger partial charge in [0.1, 0.15) is 0 Å². The van der Waals surface area contributed by atoms with Crippen molar-refractivity contribution in [2.45, 2.75) is 57.8 Å². The summed E-state index contributed by atoms with van der Waals surface area (Å²) in [5.41, 5.74) is 0. The van der Waals surface area contributed by atoms with E-state index in [2.05, 4.69) is 30.7 Å². The first-order valence-electron chi connectivity index (χ1n) is 6.12. The number of hydrogen-bond donors (Lipinski definition) is 0. The minimum absolute atomic E-state index is 1.13. The SMILES string of the molecule is [CH]1CCCC/C=C\C/C=C/CCCC1. The Bertz CT molecular complexity index is 147. The van der Waals surface area contributed by atoms with E-state index in [1.165, 1.54) is 51.4 Å². The summed E-state index contributed by atoms with van der Waals surface area (Å²) < 4.78 is 0. The molecule has 0 saturated carbocycles. The maximum atomic E-state index is 2.47. The van der Waals surface area contributed by atoms with E-state index in [0.717, 1.165) is 6.42 Å². The van der Waals surface area contributed by atoms with Crippen molar-refractivity contribution in [2.24, 2.45) is 0 Å². The Morgan fingerprint density at radius 2 is 1.00 bits per heavy atom. The molecule has 0 aromatic heterocycles. The van der Waals surface area contributed by atoms with Gasteiger partial charge in [-0.25, -0.2) is 0 Å². The molecular weight excluding hydrogens is 168 g/mol. The van der Waals surface area contributed by atoms with Crippen molar-refractivity contribution in [3.8, 4) is 0 Å². The quantitative estimate of drug-likeness (QED) is 0.481. The molecule has 0 aliphatic heterocycles. The molecule has 0 aromatic carbocycles. The third-order valence-electron chi connectivity index (χ3n) is 2.66. The molecule has 0 atom stereocenters. The van der Waals surface area contributed by atoms with Gasteiger partial charge in [0.25, 0.3) is 0 Å². The number of hydrogen-bond acceptors (Lipinski definition) is 0. The van der Waals surface area contributed by atoms with Gasteiger partial charge < -0.3 is 0 Å². The predicted molar refractivity (Wildman–Crippen MR) is 64.1 cm³/mol. The van der Waals surface area contributed by atoms with Gasteiger partial charge in [0, 0.05) is 0 Å². The zero-order chi connectivity index (χ0) is 9.90. The highest BCUT2D eigenvalue weighted by Crippen LogP contribution is 2.10. The van der Waals surface area contributed by atoms with Crippen molar-refractivity contribution < 1.29 is 0 Å². The van der Waals surface area contributed by atoms with Crippen LogP contribution in [0.25, 0.3) is 0 Å². The molecule has 0 saturated heterocycles. The zero-order valence-corrected chi connectivity index (χ0v) is 9.25. The highest BCUT2D eigenvalue weighted by atomic mass is 14.0. The molecule has 0 aromatic rings. The fourth-order valence-corrected chi connectivity index (χ4v) is 1.75. The molecule has 0 nitrogen and oxygen atoms in total. The van der Waals surface area contributed by atoms with Gasteiger partial charge in [-0.15, -0.1) is 0 Å². The second kappa shape index (κ2) is 9.05. The maximum absolute atomic E-state index is 2.47. The lowest BCUT2D eigenvalue weighted by Crippen LogP contribution is -1.81. The smallest absolute Gasteiger partial charge is 0.0169 e. The van der Waals surface area contributed by atoms with Crippen LogP contribution >= 0.6 is 0 Å². The number of rotatable bonds is 0. The Balaban J connectivity index is 2.17. The molecular formula is C14H23. The monoisotopic (exact) mass is 191 g/mol. The third-order valence-corrected chi connectivity index (χ3v) is 2.66. The van der Waals surface area contributed by atoms with Crippen LogP contribution in [0.15, 0.2) is 24.3 Å². The van der Waals surface area contributed by atoms with E-state index < -0.39 is 0 Å². The van der Waals surface area contributed by atoms with Crippen LogP contribution in [0.5, 0.6) is 0 Å². The summed E-state index contributed by atoms with van der Waals surface area (Å²) in [5, 5.41) is 0. The first kappa shape index (κ1) is 11.6.